The van der Waals surface area contributed by atoms with E-state index in [1.54, 1.807) is 42.5 Å². The molecule has 3 atom stereocenters. The van der Waals surface area contributed by atoms with Crippen LogP contribution in [0.4, 0.5) is 5.69 Å². The molecule has 0 saturated carbocycles. The lowest BCUT2D eigenvalue weighted by molar-refractivity contribution is -0.153. The van der Waals surface area contributed by atoms with Crippen molar-refractivity contribution >= 4 is 44.2 Å². The Morgan fingerprint density at radius 3 is 2.53 bits per heavy atom. The normalized spacial score (nSPS) is 20.5. The standard InChI is InChI=1S/C27H31N5O5S/c1-17-11-12-30-27(16-17,25(34)35)24(33)23(14-18-5-4-8-21(13-18)31-26(28)29)32-38(36,37)22-10-9-19-6-2-3-7-20(19)15-22/h2-10,13,15,17,23,30,32H,11-12,14,16H2,1H3,(H,34,35)(H4,28,29,31)/t17?,23-,27?/m0/s1. The zero-order valence-corrected chi connectivity index (χ0v) is 21.7. The lowest BCUT2D eigenvalue weighted by Crippen LogP contribution is -2.66. The molecular formula is C27H31N5O5S. The number of carbonyl (C=O) groups is 2. The highest BCUT2D eigenvalue weighted by atomic mass is 32.2. The lowest BCUT2D eigenvalue weighted by Gasteiger charge is -2.38. The van der Waals surface area contributed by atoms with Crippen molar-refractivity contribution in [2.45, 2.75) is 42.7 Å². The number of hydrogen-bond acceptors (Lipinski definition) is 6. The summed E-state index contributed by atoms with van der Waals surface area (Å²) in [6.07, 6.45) is 0.643. The molecule has 1 saturated heterocycles. The maximum Gasteiger partial charge on any atom is 0.331 e. The quantitative estimate of drug-likeness (QED) is 0.156. The van der Waals surface area contributed by atoms with E-state index < -0.39 is 33.4 Å². The van der Waals surface area contributed by atoms with Crippen molar-refractivity contribution in [1.29, 1.82) is 0 Å². The molecule has 0 aromatic heterocycles. The molecule has 1 fully saturated rings. The molecule has 10 nitrogen and oxygen atoms in total. The van der Waals surface area contributed by atoms with Gasteiger partial charge in [0.25, 0.3) is 0 Å². The fourth-order valence-corrected chi connectivity index (χ4v) is 6.13. The summed E-state index contributed by atoms with van der Waals surface area (Å²) in [6, 6.07) is 17.2. The van der Waals surface area contributed by atoms with Crippen molar-refractivity contribution in [3.05, 3.63) is 72.3 Å². The molecule has 0 amide bonds. The minimum Gasteiger partial charge on any atom is -0.480 e. The number of sulfonamides is 1. The Hall–Kier alpha value is -3.80. The minimum absolute atomic E-state index is 0.0300. The van der Waals surface area contributed by atoms with E-state index in [0.29, 0.717) is 29.6 Å². The third-order valence-corrected chi connectivity index (χ3v) is 8.23. The topological polar surface area (TPSA) is 177 Å². The molecule has 11 heteroatoms. The van der Waals surface area contributed by atoms with Gasteiger partial charge in [-0.2, -0.15) is 0 Å². The smallest absolute Gasteiger partial charge is 0.331 e. The fourth-order valence-electron chi connectivity index (χ4n) is 4.90. The number of aliphatic imine (C=N–C) groups is 1. The number of carboxylic acid groups (broad SMARTS) is 1. The summed E-state index contributed by atoms with van der Waals surface area (Å²) < 4.78 is 29.6. The number of hydrogen-bond donors (Lipinski definition) is 5. The highest BCUT2D eigenvalue weighted by Crippen LogP contribution is 2.29. The van der Waals surface area contributed by atoms with Gasteiger partial charge in [-0.3, -0.25) is 10.1 Å². The van der Waals surface area contributed by atoms with Crippen molar-refractivity contribution in [3.8, 4) is 0 Å². The number of ketones is 1. The Bertz CT molecular complexity index is 1500. The first-order chi connectivity index (χ1) is 18.0. The van der Waals surface area contributed by atoms with Crippen LogP contribution >= 0.6 is 0 Å². The van der Waals surface area contributed by atoms with E-state index in [4.69, 9.17) is 11.5 Å². The van der Waals surface area contributed by atoms with Crippen LogP contribution in [0.1, 0.15) is 25.3 Å². The fraction of sp³-hybridized carbons (Fsp3) is 0.296. The number of nitrogens with zero attached hydrogens (tertiary/aromatic N) is 1. The molecule has 0 aliphatic carbocycles. The number of aliphatic carboxylic acids is 1. The minimum atomic E-state index is -4.21. The van der Waals surface area contributed by atoms with E-state index in [2.05, 4.69) is 15.0 Å². The van der Waals surface area contributed by atoms with Gasteiger partial charge in [-0.1, -0.05) is 49.4 Å². The van der Waals surface area contributed by atoms with Crippen LogP contribution < -0.4 is 21.5 Å². The molecule has 0 spiro atoms. The summed E-state index contributed by atoms with van der Waals surface area (Å²) in [5.74, 6) is -2.29. The van der Waals surface area contributed by atoms with Gasteiger partial charge in [0, 0.05) is 0 Å². The number of rotatable bonds is 9. The second-order valence-electron chi connectivity index (χ2n) is 9.69. The average Bonchev–Trinajstić information content (AvgIpc) is 2.87. The Kier molecular flexibility index (Phi) is 7.81. The second kappa shape index (κ2) is 10.9. The molecule has 0 bridgehead atoms. The summed E-state index contributed by atoms with van der Waals surface area (Å²) in [4.78, 5) is 30.4. The Labute approximate surface area is 221 Å². The SMILES string of the molecule is CC1CCNC(C(=O)O)(C(=O)[C@H](Cc2cccc(N=C(N)N)c2)NS(=O)(=O)c2ccc3ccccc3c2)C1. The van der Waals surface area contributed by atoms with Gasteiger partial charge in [-0.25, -0.2) is 22.9 Å². The predicted octanol–water partition coefficient (Wildman–Crippen LogP) is 2.05. The monoisotopic (exact) mass is 537 g/mol. The lowest BCUT2D eigenvalue weighted by atomic mass is 9.77. The second-order valence-corrected chi connectivity index (χ2v) is 11.4. The number of carboxylic acids is 1. The van der Waals surface area contributed by atoms with Crippen LogP contribution in [-0.2, 0) is 26.0 Å². The number of nitrogens with two attached hydrogens (primary N) is 2. The van der Waals surface area contributed by atoms with Gasteiger partial charge in [-0.15, -0.1) is 0 Å². The van der Waals surface area contributed by atoms with E-state index in [9.17, 15) is 23.1 Å². The van der Waals surface area contributed by atoms with Crippen LogP contribution in [0.25, 0.3) is 10.8 Å². The third kappa shape index (κ3) is 5.85. The van der Waals surface area contributed by atoms with Crippen LogP contribution in [0.5, 0.6) is 0 Å². The summed E-state index contributed by atoms with van der Waals surface area (Å²) in [5, 5.41) is 14.6. The van der Waals surface area contributed by atoms with E-state index >= 15 is 0 Å². The van der Waals surface area contributed by atoms with E-state index in [-0.39, 0.29) is 29.6 Å². The van der Waals surface area contributed by atoms with E-state index in [1.165, 1.54) is 12.1 Å². The van der Waals surface area contributed by atoms with Crippen molar-refractivity contribution in [2.24, 2.45) is 22.4 Å². The van der Waals surface area contributed by atoms with Gasteiger partial charge in [0.05, 0.1) is 16.6 Å². The molecular weight excluding hydrogens is 506 g/mol. The molecule has 200 valence electrons. The van der Waals surface area contributed by atoms with E-state index in [0.717, 1.165) is 5.39 Å². The Morgan fingerprint density at radius 1 is 1.11 bits per heavy atom. The molecule has 38 heavy (non-hydrogen) atoms. The first-order valence-corrected chi connectivity index (χ1v) is 13.7. The van der Waals surface area contributed by atoms with Gasteiger partial charge in [0.2, 0.25) is 10.0 Å². The zero-order chi connectivity index (χ0) is 27.5. The number of fused-ring (bicyclic) bond motifs is 1. The molecule has 4 rings (SSSR count). The summed E-state index contributed by atoms with van der Waals surface area (Å²) in [5.41, 5.74) is 10.0. The number of guanidine groups is 1. The number of Topliss-reactive ketones (excluding diaryl/α,β-unsaturated/α-hetero) is 1. The molecule has 1 aliphatic heterocycles. The van der Waals surface area contributed by atoms with Crippen LogP contribution in [-0.4, -0.2) is 49.4 Å². The highest BCUT2D eigenvalue weighted by Gasteiger charge is 2.51. The first kappa shape index (κ1) is 27.2. The van der Waals surface area contributed by atoms with Crippen LogP contribution in [0.3, 0.4) is 0 Å². The van der Waals surface area contributed by atoms with Crippen molar-refractivity contribution in [3.63, 3.8) is 0 Å². The van der Waals surface area contributed by atoms with E-state index in [1.807, 2.05) is 19.1 Å². The first-order valence-electron chi connectivity index (χ1n) is 12.2. The predicted molar refractivity (Wildman–Crippen MR) is 145 cm³/mol. The number of benzene rings is 3. The summed E-state index contributed by atoms with van der Waals surface area (Å²) in [7, 11) is -4.21. The number of carbonyl (C=O) groups excluding carboxylic acids is 1. The number of nitrogens with one attached hydrogen (secondary N) is 2. The highest BCUT2D eigenvalue weighted by molar-refractivity contribution is 7.89. The van der Waals surface area contributed by atoms with Crippen LogP contribution in [0.2, 0.25) is 0 Å². The van der Waals surface area contributed by atoms with Gasteiger partial charge in [0.15, 0.2) is 17.3 Å². The molecule has 0 radical (unpaired) electrons. The molecule has 2 unspecified atom stereocenters. The Morgan fingerprint density at radius 2 is 1.84 bits per heavy atom. The molecule has 1 aliphatic rings. The maximum atomic E-state index is 14.0. The number of piperidine rings is 1. The average molecular weight is 538 g/mol. The summed E-state index contributed by atoms with van der Waals surface area (Å²) in [6.45, 7) is 2.20. The van der Waals surface area contributed by atoms with Gasteiger partial charge < -0.3 is 16.6 Å². The molecule has 3 aromatic carbocycles. The van der Waals surface area contributed by atoms with Gasteiger partial charge >= 0.3 is 5.97 Å². The summed E-state index contributed by atoms with van der Waals surface area (Å²) >= 11 is 0. The van der Waals surface area contributed by atoms with Crippen molar-refractivity contribution < 1.29 is 23.1 Å². The maximum absolute atomic E-state index is 14.0. The Balaban J connectivity index is 1.74. The van der Waals surface area contributed by atoms with Gasteiger partial charge in [-0.05, 0) is 72.3 Å². The van der Waals surface area contributed by atoms with Gasteiger partial charge in [0.1, 0.15) is 0 Å². The molecule has 7 N–H and O–H groups in total. The molecule has 3 aromatic rings. The third-order valence-electron chi connectivity index (χ3n) is 6.76. The largest absolute Gasteiger partial charge is 0.480 e. The molecule has 1 heterocycles. The van der Waals surface area contributed by atoms with Crippen LogP contribution in [0.15, 0.2) is 76.6 Å². The van der Waals surface area contributed by atoms with Crippen LogP contribution in [0, 0.1) is 5.92 Å². The van der Waals surface area contributed by atoms with Crippen molar-refractivity contribution in [1.82, 2.24) is 10.0 Å². The zero-order valence-electron chi connectivity index (χ0n) is 20.9. The van der Waals surface area contributed by atoms with Crippen molar-refractivity contribution in [2.75, 3.05) is 6.54 Å².